The van der Waals surface area contributed by atoms with Crippen molar-refractivity contribution in [3.8, 4) is 0 Å². The summed E-state index contributed by atoms with van der Waals surface area (Å²) in [5, 5.41) is 2.97. The van der Waals surface area contributed by atoms with E-state index in [2.05, 4.69) is 5.32 Å². The second kappa shape index (κ2) is 10.3. The van der Waals surface area contributed by atoms with Gasteiger partial charge in [0.05, 0.1) is 15.6 Å². The average Bonchev–Trinajstić information content (AvgIpc) is 2.67. The number of carbonyl (C=O) groups is 1. The lowest BCUT2D eigenvalue weighted by Gasteiger charge is -2.25. The maximum absolute atomic E-state index is 13.1. The molecule has 0 radical (unpaired) electrons. The van der Waals surface area contributed by atoms with Crippen molar-refractivity contribution in [1.29, 1.82) is 0 Å². The van der Waals surface area contributed by atoms with Crippen LogP contribution in [-0.4, -0.2) is 40.6 Å². The van der Waals surface area contributed by atoms with Gasteiger partial charge in [0.25, 0.3) is 10.0 Å². The standard InChI is InChI=1S/C19H23ClN2O4S/c1-2-26-14-8-13-21-19(23)15-22(18-12-7-6-11-17(18)20)27(24,25)16-9-4-3-5-10-16/h3-7,9-12H,2,8,13-15H2,1H3,(H,21,23). The number of ether oxygens (including phenoxy) is 1. The number of benzene rings is 2. The van der Waals surface area contributed by atoms with E-state index in [1.54, 1.807) is 42.5 Å². The van der Waals surface area contributed by atoms with Gasteiger partial charge in [-0.25, -0.2) is 8.42 Å². The molecule has 146 valence electrons. The van der Waals surface area contributed by atoms with Crippen molar-refractivity contribution in [1.82, 2.24) is 5.32 Å². The van der Waals surface area contributed by atoms with Crippen LogP contribution in [0.5, 0.6) is 0 Å². The molecular formula is C19H23ClN2O4S. The number of rotatable bonds is 10. The summed E-state index contributed by atoms with van der Waals surface area (Å²) in [6.45, 7) is 3.08. The van der Waals surface area contributed by atoms with Gasteiger partial charge in [-0.15, -0.1) is 0 Å². The summed E-state index contributed by atoms with van der Waals surface area (Å²) in [5.41, 5.74) is 0.257. The Morgan fingerprint density at radius 1 is 1.11 bits per heavy atom. The van der Waals surface area contributed by atoms with Gasteiger partial charge in [0.2, 0.25) is 5.91 Å². The fraction of sp³-hybridized carbons (Fsp3) is 0.316. The Kier molecular flexibility index (Phi) is 8.09. The van der Waals surface area contributed by atoms with Crippen LogP contribution >= 0.6 is 11.6 Å². The highest BCUT2D eigenvalue weighted by molar-refractivity contribution is 7.92. The van der Waals surface area contributed by atoms with Crippen LogP contribution < -0.4 is 9.62 Å². The molecule has 0 aromatic heterocycles. The molecule has 0 fully saturated rings. The first kappa shape index (κ1) is 21.2. The lowest BCUT2D eigenvalue weighted by molar-refractivity contribution is -0.119. The molecule has 0 aliphatic rings. The van der Waals surface area contributed by atoms with E-state index >= 15 is 0 Å². The molecule has 0 saturated carbocycles. The SMILES string of the molecule is CCOCCCNC(=O)CN(c1ccccc1Cl)S(=O)(=O)c1ccccc1. The first-order valence-electron chi connectivity index (χ1n) is 8.63. The fourth-order valence-electron chi connectivity index (χ4n) is 2.41. The molecule has 0 spiro atoms. The highest BCUT2D eigenvalue weighted by Gasteiger charge is 2.28. The van der Waals surface area contributed by atoms with Crippen molar-refractivity contribution < 1.29 is 17.9 Å². The maximum atomic E-state index is 13.1. The molecule has 0 aliphatic carbocycles. The number of hydrogen-bond acceptors (Lipinski definition) is 4. The number of carbonyl (C=O) groups excluding carboxylic acids is 1. The van der Waals surface area contributed by atoms with Crippen LogP contribution in [0.25, 0.3) is 0 Å². The number of halogens is 1. The van der Waals surface area contributed by atoms with Crippen LogP contribution in [0.2, 0.25) is 5.02 Å². The Balaban J connectivity index is 2.22. The van der Waals surface area contributed by atoms with Gasteiger partial charge in [0.1, 0.15) is 6.54 Å². The van der Waals surface area contributed by atoms with E-state index in [0.29, 0.717) is 26.2 Å². The summed E-state index contributed by atoms with van der Waals surface area (Å²) < 4.78 is 32.5. The molecule has 27 heavy (non-hydrogen) atoms. The zero-order valence-corrected chi connectivity index (χ0v) is 16.7. The quantitative estimate of drug-likeness (QED) is 0.611. The summed E-state index contributed by atoms with van der Waals surface area (Å²) in [6, 6.07) is 14.5. The summed E-state index contributed by atoms with van der Waals surface area (Å²) in [7, 11) is -3.95. The van der Waals surface area contributed by atoms with E-state index in [0.717, 1.165) is 4.31 Å². The number of nitrogens with one attached hydrogen (secondary N) is 1. The van der Waals surface area contributed by atoms with Crippen molar-refractivity contribution in [3.63, 3.8) is 0 Å². The van der Waals surface area contributed by atoms with E-state index in [1.807, 2.05) is 6.92 Å². The van der Waals surface area contributed by atoms with E-state index in [1.165, 1.54) is 12.1 Å². The molecule has 6 nitrogen and oxygen atoms in total. The minimum Gasteiger partial charge on any atom is -0.382 e. The van der Waals surface area contributed by atoms with Crippen LogP contribution in [0.3, 0.4) is 0 Å². The van der Waals surface area contributed by atoms with Crippen LogP contribution in [0.1, 0.15) is 13.3 Å². The molecule has 0 unspecified atom stereocenters. The minimum atomic E-state index is -3.95. The Morgan fingerprint density at radius 2 is 1.78 bits per heavy atom. The Hall–Kier alpha value is -2.09. The topological polar surface area (TPSA) is 75.7 Å². The molecule has 1 N–H and O–H groups in total. The van der Waals surface area contributed by atoms with E-state index in [-0.39, 0.29) is 22.2 Å². The normalized spacial score (nSPS) is 11.2. The second-order valence-electron chi connectivity index (χ2n) is 5.68. The highest BCUT2D eigenvalue weighted by atomic mass is 35.5. The minimum absolute atomic E-state index is 0.0917. The van der Waals surface area contributed by atoms with Crippen LogP contribution in [-0.2, 0) is 19.6 Å². The fourth-order valence-corrected chi connectivity index (χ4v) is 4.15. The van der Waals surface area contributed by atoms with Gasteiger partial charge < -0.3 is 10.1 Å². The van der Waals surface area contributed by atoms with E-state index < -0.39 is 15.9 Å². The summed E-state index contributed by atoms with van der Waals surface area (Å²) >= 11 is 6.20. The Bertz CT molecular complexity index is 844. The first-order valence-corrected chi connectivity index (χ1v) is 10.5. The molecule has 0 aliphatic heterocycles. The van der Waals surface area contributed by atoms with Crippen molar-refractivity contribution in [2.75, 3.05) is 30.6 Å². The molecule has 0 atom stereocenters. The smallest absolute Gasteiger partial charge is 0.264 e. The molecule has 2 aromatic rings. The zero-order chi connectivity index (χ0) is 19.7. The van der Waals surface area contributed by atoms with Gasteiger partial charge >= 0.3 is 0 Å². The molecule has 2 aromatic carbocycles. The third kappa shape index (κ3) is 5.95. The molecular weight excluding hydrogens is 388 g/mol. The molecule has 8 heteroatoms. The van der Waals surface area contributed by atoms with Crippen LogP contribution in [0.15, 0.2) is 59.5 Å². The molecule has 0 bridgehead atoms. The third-order valence-corrected chi connectivity index (χ3v) is 5.82. The van der Waals surface area contributed by atoms with E-state index in [4.69, 9.17) is 16.3 Å². The first-order chi connectivity index (χ1) is 13.0. The van der Waals surface area contributed by atoms with Crippen molar-refractivity contribution in [2.45, 2.75) is 18.2 Å². The molecule has 0 heterocycles. The van der Waals surface area contributed by atoms with Crippen molar-refractivity contribution in [2.24, 2.45) is 0 Å². The molecule has 1 amide bonds. The van der Waals surface area contributed by atoms with Gasteiger partial charge in [-0.1, -0.05) is 41.9 Å². The van der Waals surface area contributed by atoms with Gasteiger partial charge in [-0.05, 0) is 37.6 Å². The van der Waals surface area contributed by atoms with Crippen LogP contribution in [0.4, 0.5) is 5.69 Å². The lowest BCUT2D eigenvalue weighted by atomic mass is 10.3. The maximum Gasteiger partial charge on any atom is 0.264 e. The number of amides is 1. The third-order valence-electron chi connectivity index (χ3n) is 3.73. The zero-order valence-electron chi connectivity index (χ0n) is 15.1. The molecule has 2 rings (SSSR count). The van der Waals surface area contributed by atoms with E-state index in [9.17, 15) is 13.2 Å². The summed E-state index contributed by atoms with van der Waals surface area (Å²) in [6.07, 6.45) is 0.650. The summed E-state index contributed by atoms with van der Waals surface area (Å²) in [4.78, 5) is 12.4. The molecule has 0 saturated heterocycles. The van der Waals surface area contributed by atoms with Crippen molar-refractivity contribution in [3.05, 3.63) is 59.6 Å². The Morgan fingerprint density at radius 3 is 2.44 bits per heavy atom. The number of anilines is 1. The number of sulfonamides is 1. The lowest BCUT2D eigenvalue weighted by Crippen LogP contribution is -2.41. The number of hydrogen-bond donors (Lipinski definition) is 1. The summed E-state index contributed by atoms with van der Waals surface area (Å²) in [5.74, 6) is -0.411. The van der Waals surface area contributed by atoms with Gasteiger partial charge in [-0.2, -0.15) is 0 Å². The number of nitrogens with zero attached hydrogens (tertiary/aromatic N) is 1. The predicted molar refractivity (Wildman–Crippen MR) is 107 cm³/mol. The Labute approximate surface area is 165 Å². The van der Waals surface area contributed by atoms with Gasteiger partial charge in [0.15, 0.2) is 0 Å². The second-order valence-corrected chi connectivity index (χ2v) is 7.95. The van der Waals surface area contributed by atoms with Gasteiger partial charge in [-0.3, -0.25) is 9.10 Å². The predicted octanol–water partition coefficient (Wildman–Crippen LogP) is 3.08. The monoisotopic (exact) mass is 410 g/mol. The highest BCUT2D eigenvalue weighted by Crippen LogP contribution is 2.30. The van der Waals surface area contributed by atoms with Crippen LogP contribution in [0, 0.1) is 0 Å². The average molecular weight is 411 g/mol. The van der Waals surface area contributed by atoms with Gasteiger partial charge in [0, 0.05) is 19.8 Å². The number of para-hydroxylation sites is 1. The largest absolute Gasteiger partial charge is 0.382 e. The van der Waals surface area contributed by atoms with Crippen molar-refractivity contribution >= 4 is 33.2 Å².